The first-order valence-corrected chi connectivity index (χ1v) is 3.72. The lowest BCUT2D eigenvalue weighted by Crippen LogP contribution is -2.61. The lowest BCUT2D eigenvalue weighted by molar-refractivity contribution is -0.151. The average molecular weight is 177 g/mol. The summed E-state index contributed by atoms with van der Waals surface area (Å²) < 4.78 is 29.9. The second kappa shape index (κ2) is 1.96. The van der Waals surface area contributed by atoms with E-state index in [1.807, 2.05) is 0 Å². The highest BCUT2D eigenvalue weighted by Gasteiger charge is 2.80. The summed E-state index contributed by atoms with van der Waals surface area (Å²) in [6.45, 7) is 0.222. The van der Waals surface area contributed by atoms with Crippen molar-refractivity contribution in [2.75, 3.05) is 13.7 Å². The van der Waals surface area contributed by atoms with Gasteiger partial charge in [0.1, 0.15) is 6.04 Å². The molecule has 0 bridgehead atoms. The molecule has 0 amide bonds. The SMILES string of the molecule is COC(=O)[C@H]1NC[C@]12CC2(F)F. The van der Waals surface area contributed by atoms with Gasteiger partial charge in [0, 0.05) is 13.0 Å². The van der Waals surface area contributed by atoms with Crippen molar-refractivity contribution in [3.8, 4) is 0 Å². The number of esters is 1. The molecule has 1 heterocycles. The molecular formula is C7H9F2NO2. The smallest absolute Gasteiger partial charge is 0.323 e. The molecule has 12 heavy (non-hydrogen) atoms. The zero-order valence-corrected chi connectivity index (χ0v) is 6.56. The van der Waals surface area contributed by atoms with Crippen molar-refractivity contribution in [2.24, 2.45) is 5.41 Å². The zero-order valence-electron chi connectivity index (χ0n) is 6.56. The van der Waals surface area contributed by atoms with Crippen LogP contribution in [0, 0.1) is 5.41 Å². The maximum absolute atomic E-state index is 12.7. The summed E-state index contributed by atoms with van der Waals surface area (Å²) in [5, 5.41) is 2.65. The quantitative estimate of drug-likeness (QED) is 0.580. The second-order valence-electron chi connectivity index (χ2n) is 3.37. The largest absolute Gasteiger partial charge is 0.468 e. The Balaban J connectivity index is 2.09. The summed E-state index contributed by atoms with van der Waals surface area (Å²) in [5.41, 5.74) is -1.11. The van der Waals surface area contributed by atoms with Crippen molar-refractivity contribution in [3.05, 3.63) is 0 Å². The minimum absolute atomic E-state index is 0.188. The Labute approximate surface area is 68.1 Å². The Morgan fingerprint density at radius 1 is 1.67 bits per heavy atom. The average Bonchev–Trinajstić information content (AvgIpc) is 2.54. The van der Waals surface area contributed by atoms with Crippen LogP contribution in [0.4, 0.5) is 8.78 Å². The summed E-state index contributed by atoms with van der Waals surface area (Å²) in [5.74, 6) is -3.25. The molecule has 68 valence electrons. The fourth-order valence-electron chi connectivity index (χ4n) is 1.73. The van der Waals surface area contributed by atoms with E-state index in [1.54, 1.807) is 0 Å². The third kappa shape index (κ3) is 0.696. The Hall–Kier alpha value is -0.710. The van der Waals surface area contributed by atoms with Gasteiger partial charge in [0.2, 0.25) is 0 Å². The molecule has 1 saturated carbocycles. The number of halogens is 2. The first kappa shape index (κ1) is 7.91. The fraction of sp³-hybridized carbons (Fsp3) is 0.857. The van der Waals surface area contributed by atoms with Crippen LogP contribution in [0.2, 0.25) is 0 Å². The predicted octanol–water partition coefficient (Wildman–Crippen LogP) is 0.157. The van der Waals surface area contributed by atoms with Crippen LogP contribution in [-0.2, 0) is 9.53 Å². The van der Waals surface area contributed by atoms with Gasteiger partial charge in [0.05, 0.1) is 12.5 Å². The van der Waals surface area contributed by atoms with Crippen LogP contribution in [0.25, 0.3) is 0 Å². The number of rotatable bonds is 1. The van der Waals surface area contributed by atoms with Gasteiger partial charge in [-0.1, -0.05) is 0 Å². The van der Waals surface area contributed by atoms with E-state index in [4.69, 9.17) is 0 Å². The minimum Gasteiger partial charge on any atom is -0.468 e. The van der Waals surface area contributed by atoms with Crippen molar-refractivity contribution in [3.63, 3.8) is 0 Å². The molecule has 0 aromatic heterocycles. The molecule has 5 heteroatoms. The zero-order chi connectivity index (χ0) is 8.98. The normalized spacial score (nSPS) is 42.1. The molecule has 2 atom stereocenters. The van der Waals surface area contributed by atoms with Crippen LogP contribution in [0.5, 0.6) is 0 Å². The van der Waals surface area contributed by atoms with Crippen LogP contribution < -0.4 is 5.32 Å². The van der Waals surface area contributed by atoms with Crippen LogP contribution in [0.1, 0.15) is 6.42 Å². The van der Waals surface area contributed by atoms with Crippen LogP contribution >= 0.6 is 0 Å². The van der Waals surface area contributed by atoms with Crippen molar-refractivity contribution in [2.45, 2.75) is 18.4 Å². The van der Waals surface area contributed by atoms with E-state index in [0.29, 0.717) is 0 Å². The lowest BCUT2D eigenvalue weighted by Gasteiger charge is -2.36. The van der Waals surface area contributed by atoms with E-state index in [9.17, 15) is 13.6 Å². The van der Waals surface area contributed by atoms with Gasteiger partial charge in [-0.2, -0.15) is 0 Å². The van der Waals surface area contributed by atoms with E-state index in [1.165, 1.54) is 7.11 Å². The van der Waals surface area contributed by atoms with E-state index in [-0.39, 0.29) is 13.0 Å². The number of alkyl halides is 2. The standard InChI is InChI=1S/C7H9F2NO2/c1-12-5(11)4-6(3-10-4)2-7(6,8)9/h4,10H,2-3H2,1H3/t4-,6-/m1/s1. The Morgan fingerprint density at radius 2 is 2.25 bits per heavy atom. The molecule has 1 aliphatic carbocycles. The van der Waals surface area contributed by atoms with Crippen molar-refractivity contribution >= 4 is 5.97 Å². The van der Waals surface area contributed by atoms with Gasteiger partial charge in [-0.3, -0.25) is 4.79 Å². The number of nitrogens with one attached hydrogen (secondary N) is 1. The summed E-state index contributed by atoms with van der Waals surface area (Å²) in [6, 6.07) is -0.794. The van der Waals surface area contributed by atoms with Gasteiger partial charge in [-0.05, 0) is 0 Å². The Kier molecular flexibility index (Phi) is 1.29. The van der Waals surface area contributed by atoms with Crippen molar-refractivity contribution < 1.29 is 18.3 Å². The van der Waals surface area contributed by atoms with Gasteiger partial charge >= 0.3 is 5.97 Å². The molecule has 1 saturated heterocycles. The van der Waals surface area contributed by atoms with E-state index in [2.05, 4.69) is 10.1 Å². The van der Waals surface area contributed by atoms with Crippen molar-refractivity contribution in [1.82, 2.24) is 5.32 Å². The molecule has 1 aliphatic heterocycles. The molecule has 0 unspecified atom stereocenters. The van der Waals surface area contributed by atoms with Crippen LogP contribution in [0.15, 0.2) is 0 Å². The molecule has 3 nitrogen and oxygen atoms in total. The van der Waals surface area contributed by atoms with E-state index >= 15 is 0 Å². The monoisotopic (exact) mass is 177 g/mol. The van der Waals surface area contributed by atoms with Gasteiger partial charge < -0.3 is 10.1 Å². The third-order valence-corrected chi connectivity index (χ3v) is 2.75. The summed E-state index contributed by atoms with van der Waals surface area (Å²) >= 11 is 0. The molecule has 1 spiro atoms. The Bertz CT molecular complexity index is 244. The number of hydrogen-bond acceptors (Lipinski definition) is 3. The maximum Gasteiger partial charge on any atom is 0.323 e. The minimum atomic E-state index is -2.67. The third-order valence-electron chi connectivity index (χ3n) is 2.75. The maximum atomic E-state index is 12.7. The van der Waals surface area contributed by atoms with Crippen LogP contribution in [-0.4, -0.2) is 31.6 Å². The molecular weight excluding hydrogens is 168 g/mol. The first-order chi connectivity index (χ1) is 5.53. The molecule has 2 aliphatic rings. The van der Waals surface area contributed by atoms with Gasteiger partial charge in [-0.25, -0.2) is 8.78 Å². The van der Waals surface area contributed by atoms with E-state index in [0.717, 1.165) is 0 Å². The molecule has 1 N–H and O–H groups in total. The first-order valence-electron chi connectivity index (χ1n) is 3.72. The fourth-order valence-corrected chi connectivity index (χ4v) is 1.73. The second-order valence-corrected chi connectivity index (χ2v) is 3.37. The van der Waals surface area contributed by atoms with Crippen molar-refractivity contribution in [1.29, 1.82) is 0 Å². The van der Waals surface area contributed by atoms with Crippen LogP contribution in [0.3, 0.4) is 0 Å². The van der Waals surface area contributed by atoms with Gasteiger partial charge in [0.15, 0.2) is 0 Å². The van der Waals surface area contributed by atoms with Gasteiger partial charge in [0.25, 0.3) is 5.92 Å². The molecule has 2 fully saturated rings. The highest BCUT2D eigenvalue weighted by molar-refractivity contribution is 5.79. The summed E-state index contributed by atoms with van der Waals surface area (Å²) in [7, 11) is 1.20. The predicted molar refractivity (Wildman–Crippen MR) is 35.8 cm³/mol. The number of methoxy groups -OCH3 is 1. The number of hydrogen-bond donors (Lipinski definition) is 1. The van der Waals surface area contributed by atoms with Gasteiger partial charge in [-0.15, -0.1) is 0 Å². The summed E-state index contributed by atoms with van der Waals surface area (Å²) in [6.07, 6.45) is -0.188. The molecule has 0 aromatic carbocycles. The van der Waals surface area contributed by atoms with E-state index < -0.39 is 23.3 Å². The Morgan fingerprint density at radius 3 is 2.50 bits per heavy atom. The topological polar surface area (TPSA) is 38.3 Å². The molecule has 2 rings (SSSR count). The molecule has 0 radical (unpaired) electrons. The lowest BCUT2D eigenvalue weighted by atomic mass is 9.87. The molecule has 0 aromatic rings. The number of ether oxygens (including phenoxy) is 1. The summed E-state index contributed by atoms with van der Waals surface area (Å²) in [4.78, 5) is 10.9. The number of carbonyl (C=O) groups excluding carboxylic acids is 1. The highest BCUT2D eigenvalue weighted by Crippen LogP contribution is 2.65. The number of carbonyl (C=O) groups is 1. The highest BCUT2D eigenvalue weighted by atomic mass is 19.3.